The van der Waals surface area contributed by atoms with Gasteiger partial charge >= 0.3 is 0 Å². The third-order valence-corrected chi connectivity index (χ3v) is 3.75. The number of likely N-dealkylation sites (tertiary alicyclic amines) is 1. The van der Waals surface area contributed by atoms with Crippen molar-refractivity contribution in [2.75, 3.05) is 6.54 Å². The first kappa shape index (κ1) is 10.00. The summed E-state index contributed by atoms with van der Waals surface area (Å²) in [5, 5.41) is 3.40. The Bertz CT molecular complexity index is 379. The van der Waals surface area contributed by atoms with Gasteiger partial charge < -0.3 is 10.1 Å². The highest BCUT2D eigenvalue weighted by molar-refractivity contribution is 5.60. The first-order valence-corrected chi connectivity index (χ1v) is 5.87. The Balaban J connectivity index is 1.77. The highest BCUT2D eigenvalue weighted by atomic mass is 16.1. The highest BCUT2D eigenvalue weighted by Crippen LogP contribution is 2.29. The summed E-state index contributed by atoms with van der Waals surface area (Å²) in [6.45, 7) is 1.93. The van der Waals surface area contributed by atoms with Crippen LogP contribution in [0.2, 0.25) is 0 Å². The first-order valence-electron chi connectivity index (χ1n) is 5.87. The molecule has 3 heteroatoms. The molecule has 3 rings (SSSR count). The minimum Gasteiger partial charge on any atom is -0.310 e. The maximum absolute atomic E-state index is 11.1. The van der Waals surface area contributed by atoms with Crippen LogP contribution in [0.4, 0.5) is 0 Å². The van der Waals surface area contributed by atoms with Crippen molar-refractivity contribution in [2.24, 2.45) is 0 Å². The van der Waals surface area contributed by atoms with Gasteiger partial charge in [0.05, 0.1) is 6.04 Å². The number of rotatable bonds is 3. The van der Waals surface area contributed by atoms with Crippen molar-refractivity contribution in [3.8, 4) is 0 Å². The molecule has 1 unspecified atom stereocenters. The normalized spacial score (nSPS) is 33.1. The van der Waals surface area contributed by atoms with Gasteiger partial charge in [-0.05, 0) is 12.0 Å². The molecule has 0 aliphatic carbocycles. The van der Waals surface area contributed by atoms with Crippen molar-refractivity contribution in [3.05, 3.63) is 35.9 Å². The lowest BCUT2D eigenvalue weighted by atomic mass is 10.1. The van der Waals surface area contributed by atoms with Gasteiger partial charge in [-0.25, -0.2) is 0 Å². The molecule has 0 amide bonds. The number of nitrogens with one attached hydrogen (secondary N) is 1. The fraction of sp³-hybridized carbons (Fsp3) is 0.462. The molecular formula is C13H16N2O. The van der Waals surface area contributed by atoms with Crippen LogP contribution in [0.3, 0.4) is 0 Å². The van der Waals surface area contributed by atoms with Crippen LogP contribution in [0.5, 0.6) is 0 Å². The Hall–Kier alpha value is -1.19. The van der Waals surface area contributed by atoms with Crippen molar-refractivity contribution >= 4 is 6.29 Å². The lowest BCUT2D eigenvalue weighted by Crippen LogP contribution is -2.51. The van der Waals surface area contributed by atoms with Crippen LogP contribution in [0.1, 0.15) is 12.0 Å². The maximum Gasteiger partial charge on any atom is 0.138 e. The van der Waals surface area contributed by atoms with E-state index in [1.165, 1.54) is 5.56 Å². The lowest BCUT2D eigenvalue weighted by Gasteiger charge is -2.32. The predicted molar refractivity (Wildman–Crippen MR) is 62.0 cm³/mol. The monoisotopic (exact) mass is 216 g/mol. The lowest BCUT2D eigenvalue weighted by molar-refractivity contribution is -0.113. The zero-order valence-electron chi connectivity index (χ0n) is 9.17. The molecule has 1 N–H and O–H groups in total. The Morgan fingerprint density at radius 3 is 2.94 bits per heavy atom. The Morgan fingerprint density at radius 1 is 1.38 bits per heavy atom. The van der Waals surface area contributed by atoms with Gasteiger partial charge in [0.1, 0.15) is 6.29 Å². The van der Waals surface area contributed by atoms with E-state index >= 15 is 0 Å². The third-order valence-electron chi connectivity index (χ3n) is 3.75. The summed E-state index contributed by atoms with van der Waals surface area (Å²) >= 11 is 0. The average Bonchev–Trinajstić information content (AvgIpc) is 2.91. The zero-order valence-corrected chi connectivity index (χ0v) is 9.17. The van der Waals surface area contributed by atoms with Gasteiger partial charge in [-0.2, -0.15) is 0 Å². The molecule has 1 aromatic carbocycles. The van der Waals surface area contributed by atoms with Crippen LogP contribution in [0.25, 0.3) is 0 Å². The van der Waals surface area contributed by atoms with Crippen LogP contribution in [-0.2, 0) is 11.3 Å². The second-order valence-corrected chi connectivity index (χ2v) is 4.69. The van der Waals surface area contributed by atoms with E-state index in [2.05, 4.69) is 34.5 Å². The molecule has 3 atom stereocenters. The Morgan fingerprint density at radius 2 is 2.19 bits per heavy atom. The van der Waals surface area contributed by atoms with Gasteiger partial charge in [0.25, 0.3) is 0 Å². The van der Waals surface area contributed by atoms with Gasteiger partial charge in [-0.15, -0.1) is 0 Å². The first-order chi connectivity index (χ1) is 7.88. The number of carbonyl (C=O) groups excluding carboxylic acids is 1. The Labute approximate surface area is 95.4 Å². The molecule has 2 fully saturated rings. The summed E-state index contributed by atoms with van der Waals surface area (Å²) in [5.74, 6) is 0. The van der Waals surface area contributed by atoms with Gasteiger partial charge in [-0.3, -0.25) is 4.90 Å². The summed E-state index contributed by atoms with van der Waals surface area (Å²) in [6.07, 6.45) is 2.22. The van der Waals surface area contributed by atoms with Crippen LogP contribution >= 0.6 is 0 Å². The second-order valence-electron chi connectivity index (χ2n) is 4.69. The van der Waals surface area contributed by atoms with E-state index < -0.39 is 0 Å². The third kappa shape index (κ3) is 1.56. The summed E-state index contributed by atoms with van der Waals surface area (Å²) in [5.41, 5.74) is 1.29. The van der Waals surface area contributed by atoms with Crippen LogP contribution < -0.4 is 5.32 Å². The number of aldehydes is 1. The second kappa shape index (κ2) is 4.00. The van der Waals surface area contributed by atoms with E-state index in [1.54, 1.807) is 0 Å². The SMILES string of the molecule is O=CC1[C@@H]2C[C@@H](CN2)N1Cc1ccccc1. The van der Waals surface area contributed by atoms with E-state index in [4.69, 9.17) is 0 Å². The summed E-state index contributed by atoms with van der Waals surface area (Å²) in [4.78, 5) is 13.5. The molecule has 2 saturated heterocycles. The van der Waals surface area contributed by atoms with E-state index in [1.807, 2.05) is 6.07 Å². The molecule has 2 bridgehead atoms. The highest BCUT2D eigenvalue weighted by Gasteiger charge is 2.45. The summed E-state index contributed by atoms with van der Waals surface area (Å²) in [6, 6.07) is 11.4. The van der Waals surface area contributed by atoms with E-state index in [0.717, 1.165) is 25.8 Å². The van der Waals surface area contributed by atoms with E-state index in [-0.39, 0.29) is 6.04 Å². The minimum absolute atomic E-state index is 0.0685. The molecule has 2 aliphatic rings. The fourth-order valence-corrected chi connectivity index (χ4v) is 2.94. The largest absolute Gasteiger partial charge is 0.310 e. The van der Waals surface area contributed by atoms with Crippen LogP contribution in [-0.4, -0.2) is 35.9 Å². The number of hydrogen-bond acceptors (Lipinski definition) is 3. The molecule has 0 aromatic heterocycles. The average molecular weight is 216 g/mol. The van der Waals surface area contributed by atoms with Gasteiger partial charge in [0.2, 0.25) is 0 Å². The van der Waals surface area contributed by atoms with Gasteiger partial charge in [0, 0.05) is 25.2 Å². The molecule has 0 spiro atoms. The minimum atomic E-state index is 0.0685. The van der Waals surface area contributed by atoms with Crippen molar-refractivity contribution < 1.29 is 4.79 Å². The molecule has 3 nitrogen and oxygen atoms in total. The zero-order chi connectivity index (χ0) is 11.0. The van der Waals surface area contributed by atoms with Crippen LogP contribution in [0, 0.1) is 0 Å². The number of piperazine rings is 1. The van der Waals surface area contributed by atoms with E-state index in [0.29, 0.717) is 12.1 Å². The molecule has 2 aliphatic heterocycles. The van der Waals surface area contributed by atoms with Crippen molar-refractivity contribution in [1.82, 2.24) is 10.2 Å². The number of benzene rings is 1. The number of fused-ring (bicyclic) bond motifs is 2. The topological polar surface area (TPSA) is 32.3 Å². The van der Waals surface area contributed by atoms with Crippen molar-refractivity contribution in [1.29, 1.82) is 0 Å². The molecule has 2 heterocycles. The molecule has 0 radical (unpaired) electrons. The predicted octanol–water partition coefficient (Wildman–Crippen LogP) is 0.800. The van der Waals surface area contributed by atoms with Gasteiger partial charge in [0.15, 0.2) is 0 Å². The number of nitrogens with zero attached hydrogens (tertiary/aromatic N) is 1. The molecule has 1 aromatic rings. The quantitative estimate of drug-likeness (QED) is 0.759. The van der Waals surface area contributed by atoms with Crippen LogP contribution in [0.15, 0.2) is 30.3 Å². The Kier molecular flexibility index (Phi) is 2.50. The van der Waals surface area contributed by atoms with Gasteiger partial charge in [-0.1, -0.05) is 30.3 Å². The molecule has 16 heavy (non-hydrogen) atoms. The molecular weight excluding hydrogens is 200 g/mol. The summed E-state index contributed by atoms with van der Waals surface area (Å²) in [7, 11) is 0. The summed E-state index contributed by atoms with van der Waals surface area (Å²) < 4.78 is 0. The molecule has 0 saturated carbocycles. The maximum atomic E-state index is 11.1. The van der Waals surface area contributed by atoms with Crippen molar-refractivity contribution in [2.45, 2.75) is 31.1 Å². The number of hydrogen-bond donors (Lipinski definition) is 1. The standard InChI is InChI=1S/C13H16N2O/c16-9-13-12-6-11(7-14-12)15(13)8-10-4-2-1-3-5-10/h1-5,9,11-14H,6-8H2/t11-,12-,13?/m0/s1. The van der Waals surface area contributed by atoms with Crippen molar-refractivity contribution in [3.63, 3.8) is 0 Å². The fourth-order valence-electron chi connectivity index (χ4n) is 2.94. The smallest absolute Gasteiger partial charge is 0.138 e. The molecule has 84 valence electrons. The number of carbonyl (C=O) groups is 1. The van der Waals surface area contributed by atoms with E-state index in [9.17, 15) is 4.79 Å².